The van der Waals surface area contributed by atoms with Crippen LogP contribution in [0.15, 0.2) is 24.5 Å². The number of hydrogen-bond acceptors (Lipinski definition) is 7. The van der Waals surface area contributed by atoms with Crippen molar-refractivity contribution in [3.05, 3.63) is 45.7 Å². The maximum Gasteiger partial charge on any atom is 0.413 e. The minimum atomic E-state index is -0.514. The van der Waals surface area contributed by atoms with Crippen LogP contribution in [0.25, 0.3) is 5.13 Å². The van der Waals surface area contributed by atoms with Gasteiger partial charge in [-0.25, -0.2) is 14.8 Å². The summed E-state index contributed by atoms with van der Waals surface area (Å²) in [6.07, 6.45) is 3.97. The summed E-state index contributed by atoms with van der Waals surface area (Å²) in [6, 6.07) is 3.85. The lowest BCUT2D eigenvalue weighted by Crippen LogP contribution is -2.35. The van der Waals surface area contributed by atoms with Gasteiger partial charge in [0, 0.05) is 30.2 Å². The lowest BCUT2D eigenvalue weighted by molar-refractivity contribution is 0.0740. The van der Waals surface area contributed by atoms with Crippen molar-refractivity contribution in [2.24, 2.45) is 0 Å². The maximum absolute atomic E-state index is 13.1. The minimum Gasteiger partial charge on any atom is -0.450 e. The second-order valence-corrected chi connectivity index (χ2v) is 8.27. The Labute approximate surface area is 169 Å². The number of fused-ring (bicyclic) bond motifs is 1. The Balaban J connectivity index is 1.49. The van der Waals surface area contributed by atoms with Gasteiger partial charge < -0.3 is 14.2 Å². The molecular formula is C18H19N5O3S2. The van der Waals surface area contributed by atoms with Gasteiger partial charge in [-0.05, 0) is 26.0 Å². The molecule has 0 fully saturated rings. The van der Waals surface area contributed by atoms with Crippen molar-refractivity contribution in [2.75, 3.05) is 18.5 Å². The average molecular weight is 418 g/mol. The van der Waals surface area contributed by atoms with E-state index in [0.717, 1.165) is 21.4 Å². The second-order valence-electron chi connectivity index (χ2n) is 6.21. The molecule has 1 N–H and O–H groups in total. The molecule has 3 aromatic rings. The predicted octanol–water partition coefficient (Wildman–Crippen LogP) is 3.47. The van der Waals surface area contributed by atoms with E-state index in [2.05, 4.69) is 15.3 Å². The SMILES string of the molecule is CCOC(=O)Nc1nc2c(s1)CN(C(=O)c1sc(-n3cccc3)nc1C)CC2. The number of aryl methyl sites for hydroxylation is 1. The number of nitrogens with zero attached hydrogens (tertiary/aromatic N) is 4. The first-order valence-corrected chi connectivity index (χ1v) is 10.5. The summed E-state index contributed by atoms with van der Waals surface area (Å²) in [6.45, 7) is 4.98. The van der Waals surface area contributed by atoms with E-state index in [-0.39, 0.29) is 5.91 Å². The molecule has 0 saturated heterocycles. The largest absolute Gasteiger partial charge is 0.450 e. The minimum absolute atomic E-state index is 0.0210. The fourth-order valence-corrected chi connectivity index (χ4v) is 4.99. The summed E-state index contributed by atoms with van der Waals surface area (Å²) in [7, 11) is 0. The van der Waals surface area contributed by atoms with Crippen molar-refractivity contribution < 1.29 is 14.3 Å². The van der Waals surface area contributed by atoms with Crippen molar-refractivity contribution in [1.82, 2.24) is 19.4 Å². The Morgan fingerprint density at radius 2 is 2.04 bits per heavy atom. The van der Waals surface area contributed by atoms with Crippen LogP contribution < -0.4 is 5.32 Å². The van der Waals surface area contributed by atoms with E-state index >= 15 is 0 Å². The zero-order valence-electron chi connectivity index (χ0n) is 15.5. The fraction of sp³-hybridized carbons (Fsp3) is 0.333. The number of anilines is 1. The molecule has 1 aliphatic heterocycles. The van der Waals surface area contributed by atoms with Crippen LogP contribution in [0.4, 0.5) is 9.93 Å². The molecule has 146 valence electrons. The monoisotopic (exact) mass is 417 g/mol. The second kappa shape index (κ2) is 7.72. The number of aromatic nitrogens is 3. The zero-order chi connectivity index (χ0) is 19.7. The average Bonchev–Trinajstić information content (AvgIpc) is 3.39. The van der Waals surface area contributed by atoms with Crippen molar-refractivity contribution in [2.45, 2.75) is 26.8 Å². The van der Waals surface area contributed by atoms with Crippen molar-refractivity contribution in [1.29, 1.82) is 0 Å². The number of thiazole rings is 2. The van der Waals surface area contributed by atoms with E-state index in [1.807, 2.05) is 40.9 Å². The van der Waals surface area contributed by atoms with E-state index < -0.39 is 6.09 Å². The van der Waals surface area contributed by atoms with Crippen molar-refractivity contribution >= 4 is 39.8 Å². The van der Waals surface area contributed by atoms with E-state index in [9.17, 15) is 9.59 Å². The first-order valence-electron chi connectivity index (χ1n) is 8.87. The summed E-state index contributed by atoms with van der Waals surface area (Å²) >= 11 is 2.77. The quantitative estimate of drug-likeness (QED) is 0.702. The zero-order valence-corrected chi connectivity index (χ0v) is 17.1. The number of carbonyl (C=O) groups is 2. The molecule has 0 spiro atoms. The van der Waals surface area contributed by atoms with Crippen LogP contribution in [-0.4, -0.2) is 44.6 Å². The van der Waals surface area contributed by atoms with Gasteiger partial charge in [0.25, 0.3) is 5.91 Å². The maximum atomic E-state index is 13.1. The van der Waals surface area contributed by atoms with Crippen molar-refractivity contribution in [3.63, 3.8) is 0 Å². The summed E-state index contributed by atoms with van der Waals surface area (Å²) in [4.78, 5) is 37.1. The normalized spacial score (nSPS) is 13.3. The molecule has 1 aliphatic rings. The van der Waals surface area contributed by atoms with Crippen LogP contribution in [0.5, 0.6) is 0 Å². The molecule has 3 aromatic heterocycles. The molecule has 2 amide bonds. The van der Waals surface area contributed by atoms with Crippen LogP contribution in [0.1, 0.15) is 32.9 Å². The highest BCUT2D eigenvalue weighted by Gasteiger charge is 2.28. The summed E-state index contributed by atoms with van der Waals surface area (Å²) in [5.74, 6) is -0.0210. The van der Waals surface area contributed by atoms with Crippen LogP contribution in [0.2, 0.25) is 0 Å². The molecule has 8 nitrogen and oxygen atoms in total. The summed E-state index contributed by atoms with van der Waals surface area (Å²) < 4.78 is 6.79. The first kappa shape index (κ1) is 18.6. The standard InChI is InChI=1S/C18H19N5O3S2/c1-3-26-18(25)21-16-20-12-6-9-23(10-13(12)27-16)15(24)14-11(2)19-17(28-14)22-7-4-5-8-22/h4-5,7-8H,3,6,9-10H2,1-2H3,(H,20,21,25). The topological polar surface area (TPSA) is 89.4 Å². The summed E-state index contributed by atoms with van der Waals surface area (Å²) in [5, 5.41) is 3.92. The third-order valence-corrected chi connectivity index (χ3v) is 6.46. The third-order valence-electron chi connectivity index (χ3n) is 4.31. The van der Waals surface area contributed by atoms with Gasteiger partial charge in [-0.1, -0.05) is 22.7 Å². The molecule has 0 saturated carbocycles. The Morgan fingerprint density at radius 3 is 2.79 bits per heavy atom. The van der Waals surface area contributed by atoms with Gasteiger partial charge in [-0.3, -0.25) is 10.1 Å². The van der Waals surface area contributed by atoms with E-state index in [1.165, 1.54) is 22.7 Å². The summed E-state index contributed by atoms with van der Waals surface area (Å²) in [5.41, 5.74) is 1.66. The van der Waals surface area contributed by atoms with Gasteiger partial charge in [0.1, 0.15) is 4.88 Å². The predicted molar refractivity (Wildman–Crippen MR) is 107 cm³/mol. The molecule has 10 heteroatoms. The molecule has 4 rings (SSSR count). The Bertz CT molecular complexity index is 1010. The lowest BCUT2D eigenvalue weighted by Gasteiger charge is -2.25. The van der Waals surface area contributed by atoms with Crippen LogP contribution in [-0.2, 0) is 17.7 Å². The third kappa shape index (κ3) is 3.65. The highest BCUT2D eigenvalue weighted by molar-refractivity contribution is 7.16. The Morgan fingerprint density at radius 1 is 1.25 bits per heavy atom. The highest BCUT2D eigenvalue weighted by Crippen LogP contribution is 2.31. The van der Waals surface area contributed by atoms with Gasteiger partial charge in [0.2, 0.25) is 0 Å². The van der Waals surface area contributed by atoms with Gasteiger partial charge in [0.05, 0.1) is 24.5 Å². The van der Waals surface area contributed by atoms with Crippen molar-refractivity contribution in [3.8, 4) is 5.13 Å². The molecule has 28 heavy (non-hydrogen) atoms. The lowest BCUT2D eigenvalue weighted by atomic mass is 10.1. The number of hydrogen-bond donors (Lipinski definition) is 1. The molecular weight excluding hydrogens is 398 g/mol. The molecule has 0 bridgehead atoms. The van der Waals surface area contributed by atoms with Gasteiger partial charge in [-0.2, -0.15) is 0 Å². The Kier molecular flexibility index (Phi) is 5.14. The van der Waals surface area contributed by atoms with Gasteiger partial charge in [-0.15, -0.1) is 0 Å². The number of ether oxygens (including phenoxy) is 1. The van der Waals surface area contributed by atoms with Crippen LogP contribution >= 0.6 is 22.7 Å². The molecule has 0 radical (unpaired) electrons. The van der Waals surface area contributed by atoms with Gasteiger partial charge in [0.15, 0.2) is 10.3 Å². The van der Waals surface area contributed by atoms with Crippen LogP contribution in [0, 0.1) is 6.92 Å². The van der Waals surface area contributed by atoms with E-state index in [4.69, 9.17) is 4.74 Å². The molecule has 0 aliphatic carbocycles. The number of amides is 2. The number of rotatable bonds is 4. The highest BCUT2D eigenvalue weighted by atomic mass is 32.1. The molecule has 0 aromatic carbocycles. The van der Waals surface area contributed by atoms with E-state index in [1.54, 1.807) is 6.92 Å². The Hall–Kier alpha value is -2.72. The number of carbonyl (C=O) groups excluding carboxylic acids is 2. The van der Waals surface area contributed by atoms with Crippen LogP contribution in [0.3, 0.4) is 0 Å². The fourth-order valence-electron chi connectivity index (χ4n) is 2.97. The molecule has 0 atom stereocenters. The molecule has 4 heterocycles. The van der Waals surface area contributed by atoms with E-state index in [0.29, 0.717) is 36.1 Å². The van der Waals surface area contributed by atoms with Gasteiger partial charge >= 0.3 is 6.09 Å². The first-order chi connectivity index (χ1) is 13.5. The number of nitrogens with one attached hydrogen (secondary N) is 1. The smallest absolute Gasteiger partial charge is 0.413 e. The molecule has 0 unspecified atom stereocenters.